The molecule has 23 heavy (non-hydrogen) atoms. The van der Waals surface area contributed by atoms with Crippen LogP contribution in [0.1, 0.15) is 79.0 Å². The van der Waals surface area contributed by atoms with Gasteiger partial charge in [0.15, 0.2) is 0 Å². The third-order valence-electron chi connectivity index (χ3n) is 4.33. The molecule has 0 N–H and O–H groups in total. The second-order valence-electron chi connectivity index (χ2n) is 9.62. The van der Waals surface area contributed by atoms with Crippen LogP contribution in [0.5, 0.6) is 0 Å². The van der Waals surface area contributed by atoms with Gasteiger partial charge in [-0.15, -0.1) is 0 Å². The standard InChI is InChI=1S/C21H32P2/c1-19(2,3)15-13-16(20(4,5)6)18(23-12-10-11-22-23)17(14-15)21(7,8)9/h10-14H,1-9H3. The van der Waals surface area contributed by atoms with Crippen molar-refractivity contribution in [2.75, 3.05) is 0 Å². The first-order valence-electron chi connectivity index (χ1n) is 8.51. The smallest absolute Gasteiger partial charge is 0.00956 e. The first-order chi connectivity index (χ1) is 10.3. The van der Waals surface area contributed by atoms with Crippen molar-refractivity contribution < 1.29 is 0 Å². The highest BCUT2D eigenvalue weighted by molar-refractivity contribution is 8.03. The van der Waals surface area contributed by atoms with Gasteiger partial charge in [-0.2, -0.15) is 0 Å². The summed E-state index contributed by atoms with van der Waals surface area (Å²) in [6.07, 6.45) is 0. The Bertz CT molecular complexity index is 637. The van der Waals surface area contributed by atoms with Gasteiger partial charge < -0.3 is 0 Å². The van der Waals surface area contributed by atoms with Crippen molar-refractivity contribution in [3.8, 4) is 5.30 Å². The molecule has 0 spiro atoms. The predicted octanol–water partition coefficient (Wildman–Crippen LogP) is 8.14. The molecule has 0 saturated heterocycles. The molecule has 0 bridgehead atoms. The van der Waals surface area contributed by atoms with Crippen molar-refractivity contribution >= 4 is 15.1 Å². The fourth-order valence-electron chi connectivity index (χ4n) is 2.86. The maximum absolute atomic E-state index is 2.49. The molecular formula is C21H32P2. The molecule has 0 fully saturated rings. The van der Waals surface area contributed by atoms with Gasteiger partial charge in [-0.3, -0.25) is 0 Å². The SMILES string of the molecule is CC(C)(C)c1cc(C(C)(C)C)c(-p2cccp2)c(C(C)(C)C)c1. The number of hydrogen-bond donors (Lipinski definition) is 0. The van der Waals surface area contributed by atoms with E-state index < -0.39 is 0 Å². The van der Waals surface area contributed by atoms with Crippen LogP contribution < -0.4 is 0 Å². The molecule has 2 rings (SSSR count). The number of benzene rings is 1. The molecule has 0 radical (unpaired) electrons. The Morgan fingerprint density at radius 1 is 0.739 bits per heavy atom. The lowest BCUT2D eigenvalue weighted by molar-refractivity contribution is 0.552. The van der Waals surface area contributed by atoms with Crippen LogP contribution in [0.15, 0.2) is 29.8 Å². The third-order valence-corrected chi connectivity index (χ3v) is 8.42. The molecule has 0 saturated carbocycles. The summed E-state index contributed by atoms with van der Waals surface area (Å²) >= 11 is 0. The van der Waals surface area contributed by atoms with Gasteiger partial charge in [0.05, 0.1) is 0 Å². The summed E-state index contributed by atoms with van der Waals surface area (Å²) in [5, 5.41) is 1.62. The summed E-state index contributed by atoms with van der Waals surface area (Å²) in [5.74, 6) is 4.75. The van der Waals surface area contributed by atoms with E-state index in [0.717, 1.165) is 0 Å². The first kappa shape index (κ1) is 18.8. The van der Waals surface area contributed by atoms with Gasteiger partial charge in [0, 0.05) is 5.30 Å². The van der Waals surface area contributed by atoms with E-state index in [-0.39, 0.29) is 23.5 Å². The van der Waals surface area contributed by atoms with Gasteiger partial charge in [-0.1, -0.05) is 87.7 Å². The lowest BCUT2D eigenvalue weighted by atomic mass is 9.75. The van der Waals surface area contributed by atoms with E-state index in [9.17, 15) is 0 Å². The van der Waals surface area contributed by atoms with Crippen LogP contribution in [0, 0.1) is 0 Å². The lowest BCUT2D eigenvalue weighted by Crippen LogP contribution is -2.21. The summed E-state index contributed by atoms with van der Waals surface area (Å²) in [5.41, 5.74) is 5.09. The molecule has 0 amide bonds. The molecule has 1 aromatic carbocycles. The van der Waals surface area contributed by atoms with Gasteiger partial charge in [0.2, 0.25) is 0 Å². The van der Waals surface area contributed by atoms with Crippen molar-refractivity contribution in [3.63, 3.8) is 0 Å². The summed E-state index contributed by atoms with van der Waals surface area (Å²) in [4.78, 5) is 0. The van der Waals surface area contributed by atoms with Crippen LogP contribution in [0.3, 0.4) is 0 Å². The minimum Gasteiger partial charge on any atom is -0.0640 e. The fraction of sp³-hybridized carbons (Fsp3) is 0.571. The minimum atomic E-state index is -0.222. The molecule has 1 unspecified atom stereocenters. The molecule has 126 valence electrons. The molecule has 0 aliphatic heterocycles. The lowest BCUT2D eigenvalue weighted by Gasteiger charge is -2.33. The van der Waals surface area contributed by atoms with Crippen molar-refractivity contribution in [3.05, 3.63) is 46.5 Å². The zero-order chi connectivity index (χ0) is 17.6. The van der Waals surface area contributed by atoms with Crippen LogP contribution in [-0.4, -0.2) is 0 Å². The zero-order valence-corrected chi connectivity index (χ0v) is 18.1. The molecular weight excluding hydrogens is 314 g/mol. The summed E-state index contributed by atoms with van der Waals surface area (Å²) in [6, 6.07) is 7.24. The number of rotatable bonds is 1. The Morgan fingerprint density at radius 2 is 1.22 bits per heavy atom. The molecule has 2 aromatic rings. The quantitative estimate of drug-likeness (QED) is 0.489. The van der Waals surface area contributed by atoms with Crippen LogP contribution in [0.25, 0.3) is 5.30 Å². The average Bonchev–Trinajstić information content (AvgIpc) is 2.87. The van der Waals surface area contributed by atoms with Crippen LogP contribution >= 0.6 is 15.1 Å². The van der Waals surface area contributed by atoms with E-state index >= 15 is 0 Å². The normalized spacial score (nSPS) is 14.6. The minimum absolute atomic E-state index is 0.172. The third kappa shape index (κ3) is 4.10. The molecule has 2 heteroatoms. The van der Waals surface area contributed by atoms with Crippen LogP contribution in [0.4, 0.5) is 0 Å². The Hall–Kier alpha value is -0.570. The monoisotopic (exact) mass is 346 g/mol. The molecule has 0 aliphatic rings. The van der Waals surface area contributed by atoms with Gasteiger partial charge >= 0.3 is 0 Å². The predicted molar refractivity (Wildman–Crippen MR) is 109 cm³/mol. The molecule has 0 aliphatic carbocycles. The summed E-state index contributed by atoms with van der Waals surface area (Å²) in [7, 11) is 1.25. The molecule has 1 atom stereocenters. The summed E-state index contributed by atoms with van der Waals surface area (Å²) in [6.45, 7) is 21.2. The fourth-order valence-corrected chi connectivity index (χ4v) is 7.30. The van der Waals surface area contributed by atoms with Crippen molar-refractivity contribution in [2.24, 2.45) is 0 Å². The Balaban J connectivity index is 2.92. The first-order valence-corrected chi connectivity index (χ1v) is 11.6. The maximum atomic E-state index is 2.49. The van der Waals surface area contributed by atoms with E-state index in [1.807, 2.05) is 0 Å². The zero-order valence-electron chi connectivity index (χ0n) is 16.3. The van der Waals surface area contributed by atoms with Gasteiger partial charge in [0.1, 0.15) is 0 Å². The van der Waals surface area contributed by atoms with E-state index in [1.165, 1.54) is 13.4 Å². The maximum Gasteiger partial charge on any atom is 0.00956 e. The van der Waals surface area contributed by atoms with Gasteiger partial charge in [-0.05, 0) is 52.4 Å². The van der Waals surface area contributed by atoms with Crippen molar-refractivity contribution in [2.45, 2.75) is 78.6 Å². The second-order valence-corrected chi connectivity index (χ2v) is 13.6. The highest BCUT2D eigenvalue weighted by Crippen LogP contribution is 2.56. The van der Waals surface area contributed by atoms with E-state index in [1.54, 1.807) is 16.4 Å². The van der Waals surface area contributed by atoms with Crippen molar-refractivity contribution in [1.82, 2.24) is 0 Å². The van der Waals surface area contributed by atoms with E-state index in [4.69, 9.17) is 0 Å². The number of hydrogen-bond acceptors (Lipinski definition) is 0. The Kier molecular flexibility index (Phi) is 4.94. The Morgan fingerprint density at radius 3 is 1.52 bits per heavy atom. The van der Waals surface area contributed by atoms with Crippen LogP contribution in [0.2, 0.25) is 0 Å². The van der Waals surface area contributed by atoms with Gasteiger partial charge in [0.25, 0.3) is 0 Å². The van der Waals surface area contributed by atoms with E-state index in [0.29, 0.717) is 0 Å². The van der Waals surface area contributed by atoms with E-state index in [2.05, 4.69) is 92.1 Å². The Labute approximate surface area is 145 Å². The highest BCUT2D eigenvalue weighted by atomic mass is 31.9. The van der Waals surface area contributed by atoms with Gasteiger partial charge in [-0.25, -0.2) is 0 Å². The average molecular weight is 346 g/mol. The molecule has 1 heterocycles. The topological polar surface area (TPSA) is 0 Å². The van der Waals surface area contributed by atoms with Crippen molar-refractivity contribution in [1.29, 1.82) is 0 Å². The highest BCUT2D eigenvalue weighted by Gasteiger charge is 2.29. The second kappa shape index (κ2) is 6.06. The summed E-state index contributed by atoms with van der Waals surface area (Å²) < 4.78 is 0. The molecule has 0 nitrogen and oxygen atoms in total. The molecule has 1 aromatic heterocycles. The van der Waals surface area contributed by atoms with Crippen LogP contribution in [-0.2, 0) is 16.2 Å². The largest absolute Gasteiger partial charge is 0.0640 e.